The number of aromatic nitrogens is 1. The molecule has 0 fully saturated rings. The second-order valence-corrected chi connectivity index (χ2v) is 3.32. The summed E-state index contributed by atoms with van der Waals surface area (Å²) >= 11 is 0. The summed E-state index contributed by atoms with van der Waals surface area (Å²) in [5.41, 5.74) is 8.05. The van der Waals surface area contributed by atoms with Crippen LogP contribution in [0.5, 0.6) is 0 Å². The normalized spacial score (nSPS) is 9.44. The molecule has 2 rings (SSSR count). The topological polar surface area (TPSA) is 50.9 Å². The molecule has 3 heteroatoms. The number of nitrogens with zero attached hydrogens (tertiary/aromatic N) is 1. The molecule has 1 aromatic carbocycles. The van der Waals surface area contributed by atoms with E-state index in [0.29, 0.717) is 11.5 Å². The van der Waals surface area contributed by atoms with Crippen molar-refractivity contribution in [2.45, 2.75) is 0 Å². The number of hydrogen-bond donors (Lipinski definition) is 2. The van der Waals surface area contributed by atoms with E-state index in [-0.39, 0.29) is 0 Å². The van der Waals surface area contributed by atoms with Gasteiger partial charge in [0.25, 0.3) is 0 Å². The Hall–Kier alpha value is -2.47. The SMILES string of the molecule is C#Cc1cccc(Nc2cc(N)ccn2)c1. The van der Waals surface area contributed by atoms with Gasteiger partial charge in [-0.2, -0.15) is 0 Å². The van der Waals surface area contributed by atoms with Crippen LogP contribution in [0.25, 0.3) is 0 Å². The Bertz CT molecular complexity index is 541. The summed E-state index contributed by atoms with van der Waals surface area (Å²) in [5, 5.41) is 3.13. The zero-order valence-corrected chi connectivity index (χ0v) is 8.64. The number of nitrogens with one attached hydrogen (secondary N) is 1. The third kappa shape index (κ3) is 2.31. The van der Waals surface area contributed by atoms with Gasteiger partial charge in [-0.05, 0) is 24.3 Å². The van der Waals surface area contributed by atoms with Crippen LogP contribution < -0.4 is 11.1 Å². The predicted octanol–water partition coefficient (Wildman–Crippen LogP) is 2.39. The van der Waals surface area contributed by atoms with Crippen LogP contribution in [-0.4, -0.2) is 4.98 Å². The maximum Gasteiger partial charge on any atom is 0.132 e. The van der Waals surface area contributed by atoms with Crippen molar-refractivity contribution in [2.24, 2.45) is 0 Å². The summed E-state index contributed by atoms with van der Waals surface area (Å²) in [7, 11) is 0. The lowest BCUT2D eigenvalue weighted by Gasteiger charge is -2.06. The molecule has 0 radical (unpaired) electrons. The largest absolute Gasteiger partial charge is 0.399 e. The maximum absolute atomic E-state index is 5.66. The minimum atomic E-state index is 0.672. The Morgan fingerprint density at radius 3 is 2.88 bits per heavy atom. The van der Waals surface area contributed by atoms with E-state index in [1.165, 1.54) is 0 Å². The molecular formula is C13H11N3. The smallest absolute Gasteiger partial charge is 0.132 e. The fraction of sp³-hybridized carbons (Fsp3) is 0. The standard InChI is InChI=1S/C13H11N3/c1-2-10-4-3-5-12(8-10)16-13-9-11(14)6-7-15-13/h1,3-9H,(H3,14,15,16). The van der Waals surface area contributed by atoms with Crippen LogP contribution in [0.15, 0.2) is 42.6 Å². The third-order valence-corrected chi connectivity index (χ3v) is 2.09. The van der Waals surface area contributed by atoms with Gasteiger partial charge < -0.3 is 11.1 Å². The first-order valence-corrected chi connectivity index (χ1v) is 4.83. The number of nitrogens with two attached hydrogens (primary N) is 1. The van der Waals surface area contributed by atoms with E-state index >= 15 is 0 Å². The fourth-order valence-electron chi connectivity index (χ4n) is 1.35. The number of anilines is 3. The van der Waals surface area contributed by atoms with Crippen molar-refractivity contribution in [3.8, 4) is 12.3 Å². The maximum atomic E-state index is 5.66. The van der Waals surface area contributed by atoms with Gasteiger partial charge in [-0.15, -0.1) is 6.42 Å². The minimum absolute atomic E-state index is 0.672. The molecule has 0 unspecified atom stereocenters. The Kier molecular flexibility index (Phi) is 2.75. The highest BCUT2D eigenvalue weighted by molar-refractivity contribution is 5.61. The number of rotatable bonds is 2. The Balaban J connectivity index is 2.24. The van der Waals surface area contributed by atoms with Crippen molar-refractivity contribution in [1.82, 2.24) is 4.98 Å². The molecule has 0 saturated carbocycles. The number of nitrogen functional groups attached to an aromatic ring is 1. The number of benzene rings is 1. The molecule has 0 bridgehead atoms. The number of pyridine rings is 1. The minimum Gasteiger partial charge on any atom is -0.399 e. The molecule has 3 nitrogen and oxygen atoms in total. The van der Waals surface area contributed by atoms with Gasteiger partial charge in [-0.3, -0.25) is 0 Å². The van der Waals surface area contributed by atoms with Crippen LogP contribution in [0, 0.1) is 12.3 Å². The molecule has 1 heterocycles. The van der Waals surface area contributed by atoms with Crippen LogP contribution in [-0.2, 0) is 0 Å². The lowest BCUT2D eigenvalue weighted by Crippen LogP contribution is -1.95. The molecule has 78 valence electrons. The first kappa shape index (κ1) is 10.1. The van der Waals surface area contributed by atoms with Crippen molar-refractivity contribution in [3.63, 3.8) is 0 Å². The summed E-state index contributed by atoms with van der Waals surface area (Å²) in [6.45, 7) is 0. The molecule has 0 amide bonds. The summed E-state index contributed by atoms with van der Waals surface area (Å²) in [4.78, 5) is 4.15. The van der Waals surface area contributed by atoms with Gasteiger partial charge in [0.15, 0.2) is 0 Å². The van der Waals surface area contributed by atoms with Crippen molar-refractivity contribution in [3.05, 3.63) is 48.2 Å². The quantitative estimate of drug-likeness (QED) is 0.747. The van der Waals surface area contributed by atoms with Crippen molar-refractivity contribution in [1.29, 1.82) is 0 Å². The highest BCUT2D eigenvalue weighted by Gasteiger charge is 1.96. The van der Waals surface area contributed by atoms with Gasteiger partial charge in [-0.25, -0.2) is 4.98 Å². The molecule has 0 aliphatic heterocycles. The first-order valence-electron chi connectivity index (χ1n) is 4.83. The molecule has 0 saturated heterocycles. The zero-order chi connectivity index (χ0) is 11.4. The monoisotopic (exact) mass is 209 g/mol. The molecule has 2 aromatic rings. The number of hydrogen-bond acceptors (Lipinski definition) is 3. The fourth-order valence-corrected chi connectivity index (χ4v) is 1.35. The van der Waals surface area contributed by atoms with E-state index in [1.54, 1.807) is 18.3 Å². The van der Waals surface area contributed by atoms with E-state index in [1.807, 2.05) is 24.3 Å². The highest BCUT2D eigenvalue weighted by Crippen LogP contribution is 2.16. The molecule has 0 spiro atoms. The van der Waals surface area contributed by atoms with E-state index in [9.17, 15) is 0 Å². The lowest BCUT2D eigenvalue weighted by atomic mass is 10.2. The van der Waals surface area contributed by atoms with Crippen LogP contribution in [0.2, 0.25) is 0 Å². The third-order valence-electron chi connectivity index (χ3n) is 2.09. The number of terminal acetylenes is 1. The zero-order valence-electron chi connectivity index (χ0n) is 8.64. The van der Waals surface area contributed by atoms with Crippen LogP contribution in [0.3, 0.4) is 0 Å². The van der Waals surface area contributed by atoms with Crippen molar-refractivity contribution < 1.29 is 0 Å². The summed E-state index contributed by atoms with van der Waals surface area (Å²) in [5.74, 6) is 3.28. The van der Waals surface area contributed by atoms with Crippen LogP contribution >= 0.6 is 0 Å². The van der Waals surface area contributed by atoms with Gasteiger partial charge in [0.1, 0.15) is 5.82 Å². The molecule has 0 atom stereocenters. The molecule has 1 aromatic heterocycles. The molecule has 0 aliphatic carbocycles. The molecular weight excluding hydrogens is 198 g/mol. The van der Waals surface area contributed by atoms with E-state index in [0.717, 1.165) is 11.3 Å². The summed E-state index contributed by atoms with van der Waals surface area (Å²) < 4.78 is 0. The molecule has 0 aliphatic rings. The van der Waals surface area contributed by atoms with Crippen LogP contribution in [0.1, 0.15) is 5.56 Å². The van der Waals surface area contributed by atoms with Crippen molar-refractivity contribution >= 4 is 17.2 Å². The van der Waals surface area contributed by atoms with Gasteiger partial charge in [-0.1, -0.05) is 12.0 Å². The summed E-state index contributed by atoms with van der Waals surface area (Å²) in [6.07, 6.45) is 6.98. The van der Waals surface area contributed by atoms with Crippen molar-refractivity contribution in [2.75, 3.05) is 11.1 Å². The Morgan fingerprint density at radius 2 is 2.12 bits per heavy atom. The van der Waals surface area contributed by atoms with E-state index < -0.39 is 0 Å². The average molecular weight is 209 g/mol. The average Bonchev–Trinajstić information content (AvgIpc) is 2.29. The van der Waals surface area contributed by atoms with E-state index in [2.05, 4.69) is 16.2 Å². The first-order chi connectivity index (χ1) is 7.78. The predicted molar refractivity (Wildman–Crippen MR) is 66.3 cm³/mol. The Morgan fingerprint density at radius 1 is 1.25 bits per heavy atom. The molecule has 3 N–H and O–H groups in total. The highest BCUT2D eigenvalue weighted by atomic mass is 15.0. The van der Waals surface area contributed by atoms with Gasteiger partial charge in [0, 0.05) is 29.2 Å². The lowest BCUT2D eigenvalue weighted by molar-refractivity contribution is 1.31. The second kappa shape index (κ2) is 4.37. The summed E-state index contributed by atoms with van der Waals surface area (Å²) in [6, 6.07) is 11.1. The van der Waals surface area contributed by atoms with Gasteiger partial charge >= 0.3 is 0 Å². The Labute approximate surface area is 94.3 Å². The van der Waals surface area contributed by atoms with Gasteiger partial charge in [0.05, 0.1) is 0 Å². The van der Waals surface area contributed by atoms with Crippen LogP contribution in [0.4, 0.5) is 17.2 Å². The second-order valence-electron chi connectivity index (χ2n) is 3.32. The molecule has 16 heavy (non-hydrogen) atoms. The van der Waals surface area contributed by atoms with E-state index in [4.69, 9.17) is 12.2 Å². The van der Waals surface area contributed by atoms with Gasteiger partial charge in [0.2, 0.25) is 0 Å².